The largest absolute Gasteiger partial charge is 0.484 e. The van der Waals surface area contributed by atoms with Crippen LogP contribution in [0.2, 0.25) is 5.04 Å². The van der Waals surface area contributed by atoms with E-state index in [-0.39, 0.29) is 6.54 Å². The Labute approximate surface area is 222 Å². The average Bonchev–Trinajstić information content (AvgIpc) is 3.17. The minimum atomic E-state index is -3.22. The summed E-state index contributed by atoms with van der Waals surface area (Å²) >= 11 is 0. The first-order chi connectivity index (χ1) is 17.4. The first-order valence-electron chi connectivity index (χ1n) is 13.0. The summed E-state index contributed by atoms with van der Waals surface area (Å²) in [6.07, 6.45) is 1.08. The maximum Gasteiger partial charge on any atom is 0.410 e. The SMILES string of the molecule is CCOC=N[C@H]1CN(C(=O)OC(C)(C)C)[C@H](CCC(C)(C)[Si](O)(c2ccccc2)c2ccccc2)[C@H]1O. The molecule has 3 rings (SSSR count). The molecule has 7 nitrogen and oxygen atoms in total. The van der Waals surface area contributed by atoms with Gasteiger partial charge in [0.05, 0.1) is 24.8 Å². The maximum atomic E-state index is 13.1. The predicted molar refractivity (Wildman–Crippen MR) is 150 cm³/mol. The van der Waals surface area contributed by atoms with Gasteiger partial charge < -0.3 is 24.3 Å². The molecule has 1 aliphatic heterocycles. The molecule has 1 aliphatic rings. The number of benzene rings is 2. The number of carbonyl (C=O) groups excluding carboxylic acids is 1. The Balaban J connectivity index is 1.91. The topological polar surface area (TPSA) is 91.6 Å². The maximum absolute atomic E-state index is 13.1. The molecule has 2 aromatic carbocycles. The molecule has 0 saturated carbocycles. The van der Waals surface area contributed by atoms with Crippen LogP contribution in [0, 0.1) is 0 Å². The highest BCUT2D eigenvalue weighted by atomic mass is 28.4. The van der Waals surface area contributed by atoms with E-state index in [2.05, 4.69) is 18.8 Å². The van der Waals surface area contributed by atoms with Crippen molar-refractivity contribution in [3.63, 3.8) is 0 Å². The van der Waals surface area contributed by atoms with E-state index in [1.54, 1.807) is 4.90 Å². The average molecular weight is 527 g/mol. The molecule has 2 N–H and O–H groups in total. The highest BCUT2D eigenvalue weighted by Gasteiger charge is 2.51. The summed E-state index contributed by atoms with van der Waals surface area (Å²) in [6.45, 7) is 12.2. The standard InChI is InChI=1S/C29H42N2O5Si/c1-7-35-21-30-24-20-31(27(33)36-28(2,3)4)25(26(24)32)18-19-29(5,6)37(34,22-14-10-8-11-15-22)23-16-12-9-13-17-23/h8-17,21,24-26,32,34H,7,18-20H2,1-6H3/t24-,25+,26-/m0/s1. The number of aliphatic imine (C=N–C) groups is 1. The Hall–Kier alpha value is -2.68. The van der Waals surface area contributed by atoms with E-state index >= 15 is 0 Å². The minimum Gasteiger partial charge on any atom is -0.484 e. The number of aliphatic hydroxyl groups is 1. The van der Waals surface area contributed by atoms with Crippen molar-refractivity contribution in [1.29, 1.82) is 0 Å². The number of aliphatic hydroxyl groups excluding tert-OH is 1. The fraction of sp³-hybridized carbons (Fsp3) is 0.517. The zero-order valence-corrected chi connectivity index (χ0v) is 23.9. The Morgan fingerprint density at radius 3 is 2.08 bits per heavy atom. The lowest BCUT2D eigenvalue weighted by atomic mass is 9.98. The van der Waals surface area contributed by atoms with Gasteiger partial charge in [-0.2, -0.15) is 0 Å². The Bertz CT molecular complexity index is 1000. The van der Waals surface area contributed by atoms with Crippen LogP contribution in [0.25, 0.3) is 0 Å². The van der Waals surface area contributed by atoms with Crippen LogP contribution in [0.15, 0.2) is 65.7 Å². The van der Waals surface area contributed by atoms with Crippen molar-refractivity contribution in [3.8, 4) is 0 Å². The molecule has 202 valence electrons. The zero-order valence-electron chi connectivity index (χ0n) is 22.9. The molecule has 0 unspecified atom stereocenters. The molecule has 8 heteroatoms. The third kappa shape index (κ3) is 6.61. The summed E-state index contributed by atoms with van der Waals surface area (Å²) in [4.78, 5) is 31.6. The van der Waals surface area contributed by atoms with Crippen molar-refractivity contribution in [3.05, 3.63) is 60.7 Å². The van der Waals surface area contributed by atoms with Crippen LogP contribution < -0.4 is 10.4 Å². The van der Waals surface area contributed by atoms with Crippen LogP contribution in [0.1, 0.15) is 54.4 Å². The Kier molecular flexibility index (Phi) is 9.21. The quantitative estimate of drug-likeness (QED) is 0.295. The van der Waals surface area contributed by atoms with E-state index in [0.29, 0.717) is 19.4 Å². The molecule has 1 saturated heterocycles. The third-order valence-electron chi connectivity index (χ3n) is 7.12. The van der Waals surface area contributed by atoms with Crippen molar-refractivity contribution in [2.45, 2.75) is 83.2 Å². The number of hydrogen-bond acceptors (Lipinski definition) is 6. The summed E-state index contributed by atoms with van der Waals surface area (Å²) in [6, 6.07) is 18.7. The van der Waals surface area contributed by atoms with Gasteiger partial charge in [-0.15, -0.1) is 0 Å². The highest BCUT2D eigenvalue weighted by Crippen LogP contribution is 2.42. The molecule has 1 heterocycles. The van der Waals surface area contributed by atoms with Gasteiger partial charge in [-0.1, -0.05) is 74.5 Å². The molecule has 0 spiro atoms. The lowest BCUT2D eigenvalue weighted by molar-refractivity contribution is 0.0137. The molecular weight excluding hydrogens is 484 g/mol. The van der Waals surface area contributed by atoms with Crippen LogP contribution in [-0.4, -0.2) is 72.6 Å². The second kappa shape index (κ2) is 11.8. The van der Waals surface area contributed by atoms with Gasteiger partial charge in [-0.25, -0.2) is 4.79 Å². The second-order valence-electron chi connectivity index (χ2n) is 11.3. The van der Waals surface area contributed by atoms with Crippen molar-refractivity contribution in [2.75, 3.05) is 13.2 Å². The smallest absolute Gasteiger partial charge is 0.410 e. The third-order valence-corrected chi connectivity index (χ3v) is 11.7. The minimum absolute atomic E-state index is 0.240. The normalized spacial score (nSPS) is 20.9. The molecule has 1 amide bonds. The molecule has 1 fully saturated rings. The number of ether oxygens (including phenoxy) is 2. The molecule has 0 aromatic heterocycles. The molecule has 3 atom stereocenters. The Morgan fingerprint density at radius 1 is 1.05 bits per heavy atom. The van der Waals surface area contributed by atoms with Gasteiger partial charge in [0.1, 0.15) is 5.60 Å². The first kappa shape index (κ1) is 28.9. The van der Waals surface area contributed by atoms with Crippen molar-refractivity contribution in [1.82, 2.24) is 4.90 Å². The first-order valence-corrected chi connectivity index (χ1v) is 15.0. The number of hydrogen-bond donors (Lipinski definition) is 2. The second-order valence-corrected chi connectivity index (χ2v) is 15.3. The van der Waals surface area contributed by atoms with E-state index in [1.165, 1.54) is 6.40 Å². The van der Waals surface area contributed by atoms with E-state index in [0.717, 1.165) is 10.4 Å². The lowest BCUT2D eigenvalue weighted by Gasteiger charge is -2.42. The number of amides is 1. The number of rotatable bonds is 9. The fourth-order valence-electron chi connectivity index (χ4n) is 5.07. The van der Waals surface area contributed by atoms with Gasteiger partial charge in [0.25, 0.3) is 8.32 Å². The molecule has 0 aliphatic carbocycles. The molecule has 2 aromatic rings. The predicted octanol–water partition coefficient (Wildman–Crippen LogP) is 3.71. The van der Waals surface area contributed by atoms with Crippen molar-refractivity contribution in [2.24, 2.45) is 4.99 Å². The summed E-state index contributed by atoms with van der Waals surface area (Å²) in [7, 11) is -3.22. The van der Waals surface area contributed by atoms with Crippen molar-refractivity contribution < 1.29 is 24.2 Å². The fourth-order valence-corrected chi connectivity index (χ4v) is 8.82. The van der Waals surface area contributed by atoms with E-state index < -0.39 is 43.2 Å². The van der Waals surface area contributed by atoms with Crippen molar-refractivity contribution >= 4 is 31.2 Å². The number of likely N-dealkylation sites (tertiary alicyclic amines) is 1. The number of carbonyl (C=O) groups is 1. The van der Waals surface area contributed by atoms with Gasteiger partial charge in [0.15, 0.2) is 6.40 Å². The summed E-state index contributed by atoms with van der Waals surface area (Å²) in [5.74, 6) is 0. The summed E-state index contributed by atoms with van der Waals surface area (Å²) in [5, 5.41) is 12.6. The molecular formula is C29H42N2O5Si. The molecule has 37 heavy (non-hydrogen) atoms. The molecule has 0 bridgehead atoms. The summed E-state index contributed by atoms with van der Waals surface area (Å²) in [5.41, 5.74) is -0.660. The van der Waals surface area contributed by atoms with Crippen LogP contribution >= 0.6 is 0 Å². The monoisotopic (exact) mass is 526 g/mol. The van der Waals surface area contributed by atoms with Gasteiger partial charge in [0, 0.05) is 6.54 Å². The van der Waals surface area contributed by atoms with E-state index in [1.807, 2.05) is 88.4 Å². The van der Waals surface area contributed by atoms with Crippen LogP contribution in [0.4, 0.5) is 4.79 Å². The van der Waals surface area contributed by atoms with Gasteiger partial charge in [-0.05, 0) is 55.9 Å². The van der Waals surface area contributed by atoms with Gasteiger partial charge >= 0.3 is 6.09 Å². The number of nitrogens with zero attached hydrogens (tertiary/aromatic N) is 2. The van der Waals surface area contributed by atoms with Crippen LogP contribution in [-0.2, 0) is 9.47 Å². The van der Waals surface area contributed by atoms with Gasteiger partial charge in [0.2, 0.25) is 0 Å². The molecule has 0 radical (unpaired) electrons. The van der Waals surface area contributed by atoms with E-state index in [4.69, 9.17) is 9.47 Å². The highest BCUT2D eigenvalue weighted by molar-refractivity contribution is 6.98. The zero-order chi connectivity index (χ0) is 27.3. The van der Waals surface area contributed by atoms with Crippen LogP contribution in [0.5, 0.6) is 0 Å². The summed E-state index contributed by atoms with van der Waals surface area (Å²) < 4.78 is 10.9. The Morgan fingerprint density at radius 2 is 1.59 bits per heavy atom. The van der Waals surface area contributed by atoms with Crippen LogP contribution in [0.3, 0.4) is 0 Å². The van der Waals surface area contributed by atoms with E-state index in [9.17, 15) is 14.7 Å². The lowest BCUT2D eigenvalue weighted by Crippen LogP contribution is -2.65. The van der Waals surface area contributed by atoms with Gasteiger partial charge in [-0.3, -0.25) is 4.99 Å².